The first-order valence-electron chi connectivity index (χ1n) is 16.7. The predicted molar refractivity (Wildman–Crippen MR) is 167 cm³/mol. The van der Waals surface area contributed by atoms with Crippen LogP contribution in [0.4, 0.5) is 0 Å². The molecule has 2 heteroatoms. The van der Waals surface area contributed by atoms with E-state index in [1.54, 1.807) is 0 Å². The van der Waals surface area contributed by atoms with E-state index < -0.39 is 0 Å². The molecule has 1 aromatic carbocycles. The van der Waals surface area contributed by atoms with Gasteiger partial charge < -0.3 is 9.84 Å². The van der Waals surface area contributed by atoms with Crippen LogP contribution in [-0.4, -0.2) is 11.2 Å². The minimum Gasteiger partial charge on any atom is -0.507 e. The summed E-state index contributed by atoms with van der Waals surface area (Å²) < 4.78 is 6.21. The third-order valence-electron chi connectivity index (χ3n) is 8.30. The van der Waals surface area contributed by atoms with Crippen LogP contribution in [0.5, 0.6) is 11.5 Å². The SMILES string of the molecule is CCCCCCCCCCCCCCCCCCCCc1cc(O)c(C2C=C(C)CCC2)c(OC(C)C)c1. The summed E-state index contributed by atoms with van der Waals surface area (Å²) in [7, 11) is 0. The molecule has 1 N–H and O–H groups in total. The van der Waals surface area contributed by atoms with Crippen LogP contribution in [-0.2, 0) is 6.42 Å². The van der Waals surface area contributed by atoms with E-state index in [0.29, 0.717) is 5.75 Å². The molecule has 1 aliphatic carbocycles. The van der Waals surface area contributed by atoms with Crippen molar-refractivity contribution < 1.29 is 9.84 Å². The van der Waals surface area contributed by atoms with Crippen LogP contribution >= 0.6 is 0 Å². The average molecular weight is 527 g/mol. The van der Waals surface area contributed by atoms with Gasteiger partial charge in [0.25, 0.3) is 0 Å². The number of unbranched alkanes of at least 4 members (excludes halogenated alkanes) is 17. The van der Waals surface area contributed by atoms with Crippen LogP contribution in [0.15, 0.2) is 23.8 Å². The maximum atomic E-state index is 11.0. The van der Waals surface area contributed by atoms with Crippen LogP contribution < -0.4 is 4.74 Å². The summed E-state index contributed by atoms with van der Waals surface area (Å²) in [6, 6.07) is 4.22. The summed E-state index contributed by atoms with van der Waals surface area (Å²) in [4.78, 5) is 0. The van der Waals surface area contributed by atoms with E-state index >= 15 is 0 Å². The monoisotopic (exact) mass is 526 g/mol. The van der Waals surface area contributed by atoms with Gasteiger partial charge in [-0.1, -0.05) is 128 Å². The van der Waals surface area contributed by atoms with Gasteiger partial charge in [0, 0.05) is 11.5 Å². The molecule has 0 saturated heterocycles. The second-order valence-corrected chi connectivity index (χ2v) is 12.5. The van der Waals surface area contributed by atoms with Crippen LogP contribution in [0, 0.1) is 0 Å². The molecule has 0 radical (unpaired) electrons. The van der Waals surface area contributed by atoms with Crippen molar-refractivity contribution in [1.29, 1.82) is 0 Å². The number of benzene rings is 1. The predicted octanol–water partition coefficient (Wildman–Crippen LogP) is 12.0. The molecule has 0 spiro atoms. The number of ether oxygens (including phenoxy) is 1. The zero-order valence-electron chi connectivity index (χ0n) is 25.8. The van der Waals surface area contributed by atoms with Crippen molar-refractivity contribution in [3.8, 4) is 11.5 Å². The fourth-order valence-electron chi connectivity index (χ4n) is 6.11. The van der Waals surface area contributed by atoms with E-state index in [4.69, 9.17) is 4.74 Å². The van der Waals surface area contributed by atoms with Gasteiger partial charge in [-0.15, -0.1) is 0 Å². The highest BCUT2D eigenvalue weighted by Crippen LogP contribution is 2.42. The lowest BCUT2D eigenvalue weighted by atomic mass is 9.84. The minimum atomic E-state index is 0.113. The van der Waals surface area contributed by atoms with Crippen molar-refractivity contribution in [1.82, 2.24) is 0 Å². The van der Waals surface area contributed by atoms with Gasteiger partial charge in [-0.2, -0.15) is 0 Å². The minimum absolute atomic E-state index is 0.113. The Kier molecular flexibility index (Phi) is 17.6. The lowest BCUT2D eigenvalue weighted by Crippen LogP contribution is -2.11. The number of hydrogen-bond acceptors (Lipinski definition) is 2. The molecule has 2 nitrogen and oxygen atoms in total. The molecule has 0 aliphatic heterocycles. The summed E-state index contributed by atoms with van der Waals surface area (Å²) in [6.45, 7) is 8.66. The zero-order chi connectivity index (χ0) is 27.4. The molecule has 1 unspecified atom stereocenters. The Balaban J connectivity index is 1.54. The van der Waals surface area contributed by atoms with Crippen molar-refractivity contribution in [2.45, 2.75) is 181 Å². The molecule has 0 bridgehead atoms. The molecule has 0 aromatic heterocycles. The molecule has 0 saturated carbocycles. The van der Waals surface area contributed by atoms with Crippen LogP contribution in [0.3, 0.4) is 0 Å². The van der Waals surface area contributed by atoms with Crippen molar-refractivity contribution in [3.05, 3.63) is 34.9 Å². The van der Waals surface area contributed by atoms with Crippen LogP contribution in [0.25, 0.3) is 0 Å². The first-order chi connectivity index (χ1) is 18.5. The molecule has 1 aliphatic rings. The smallest absolute Gasteiger partial charge is 0.127 e. The van der Waals surface area contributed by atoms with Gasteiger partial charge in [-0.25, -0.2) is 0 Å². The number of aromatic hydroxyl groups is 1. The van der Waals surface area contributed by atoms with Gasteiger partial charge in [0.2, 0.25) is 0 Å². The third kappa shape index (κ3) is 14.1. The molecule has 218 valence electrons. The van der Waals surface area contributed by atoms with E-state index in [0.717, 1.165) is 24.2 Å². The normalized spacial score (nSPS) is 15.7. The van der Waals surface area contributed by atoms with Crippen molar-refractivity contribution in [2.24, 2.45) is 0 Å². The summed E-state index contributed by atoms with van der Waals surface area (Å²) >= 11 is 0. The quantitative estimate of drug-likeness (QED) is 0.120. The van der Waals surface area contributed by atoms with Crippen molar-refractivity contribution in [3.63, 3.8) is 0 Å². The molecule has 0 amide bonds. The van der Waals surface area contributed by atoms with Crippen molar-refractivity contribution in [2.75, 3.05) is 0 Å². The highest BCUT2D eigenvalue weighted by Gasteiger charge is 2.23. The number of phenolic OH excluding ortho intramolecular Hbond substituents is 1. The second-order valence-electron chi connectivity index (χ2n) is 12.5. The Hall–Kier alpha value is -1.44. The fourth-order valence-corrected chi connectivity index (χ4v) is 6.11. The highest BCUT2D eigenvalue weighted by molar-refractivity contribution is 5.51. The molecule has 2 rings (SSSR count). The lowest BCUT2D eigenvalue weighted by molar-refractivity contribution is 0.237. The highest BCUT2D eigenvalue weighted by atomic mass is 16.5. The Morgan fingerprint density at radius 2 is 1.26 bits per heavy atom. The maximum Gasteiger partial charge on any atom is 0.127 e. The molecule has 1 atom stereocenters. The van der Waals surface area contributed by atoms with Crippen LogP contribution in [0.1, 0.15) is 180 Å². The standard InChI is InChI=1S/C36H62O2/c1-5-6-7-8-9-10-11-12-13-14-15-16-17-18-19-20-21-22-25-32-28-34(37)36(35(29-32)38-30(2)3)33-26-23-24-31(4)27-33/h27-30,33,37H,5-26H2,1-4H3. The van der Waals surface area contributed by atoms with E-state index in [-0.39, 0.29) is 12.0 Å². The molecule has 0 heterocycles. The van der Waals surface area contributed by atoms with E-state index in [2.05, 4.69) is 39.8 Å². The number of phenols is 1. The molecular formula is C36H62O2. The van der Waals surface area contributed by atoms with Gasteiger partial charge in [-0.3, -0.25) is 0 Å². The van der Waals surface area contributed by atoms with E-state index in [9.17, 15) is 5.11 Å². The number of rotatable bonds is 22. The maximum absolute atomic E-state index is 11.0. The second kappa shape index (κ2) is 20.5. The molecular weight excluding hydrogens is 464 g/mol. The summed E-state index contributed by atoms with van der Waals surface area (Å²) in [5.41, 5.74) is 3.65. The summed E-state index contributed by atoms with van der Waals surface area (Å²) in [5, 5.41) is 11.0. The first-order valence-corrected chi connectivity index (χ1v) is 16.7. The largest absolute Gasteiger partial charge is 0.507 e. The Morgan fingerprint density at radius 3 is 1.74 bits per heavy atom. The van der Waals surface area contributed by atoms with Gasteiger partial charge in [-0.05, 0) is 70.6 Å². The third-order valence-corrected chi connectivity index (χ3v) is 8.30. The van der Waals surface area contributed by atoms with Crippen LogP contribution in [0.2, 0.25) is 0 Å². The summed E-state index contributed by atoms with van der Waals surface area (Å²) in [6.07, 6.45) is 32.2. The molecule has 1 aromatic rings. The topological polar surface area (TPSA) is 29.5 Å². The lowest BCUT2D eigenvalue weighted by Gasteiger charge is -2.25. The van der Waals surface area contributed by atoms with Crippen molar-refractivity contribution >= 4 is 0 Å². The number of aryl methyl sites for hydroxylation is 1. The van der Waals surface area contributed by atoms with E-state index in [1.165, 1.54) is 140 Å². The number of allylic oxidation sites excluding steroid dienone is 2. The molecule has 0 fully saturated rings. The summed E-state index contributed by atoms with van der Waals surface area (Å²) in [5.74, 6) is 1.60. The number of hydrogen-bond donors (Lipinski definition) is 1. The van der Waals surface area contributed by atoms with E-state index in [1.807, 2.05) is 6.07 Å². The van der Waals surface area contributed by atoms with Gasteiger partial charge in [0.1, 0.15) is 11.5 Å². The zero-order valence-corrected chi connectivity index (χ0v) is 25.8. The molecule has 38 heavy (non-hydrogen) atoms. The fraction of sp³-hybridized carbons (Fsp3) is 0.778. The van der Waals surface area contributed by atoms with Gasteiger partial charge in [0.15, 0.2) is 0 Å². The van der Waals surface area contributed by atoms with Gasteiger partial charge >= 0.3 is 0 Å². The Morgan fingerprint density at radius 1 is 0.763 bits per heavy atom. The first kappa shape index (κ1) is 32.8. The average Bonchev–Trinajstić information content (AvgIpc) is 2.87. The Bertz CT molecular complexity index is 763. The van der Waals surface area contributed by atoms with Gasteiger partial charge in [0.05, 0.1) is 6.10 Å². The Labute approximate surface area is 237 Å².